The minimum absolute atomic E-state index is 0.103. The van der Waals surface area contributed by atoms with E-state index in [2.05, 4.69) is 19.9 Å². The molecule has 2 fully saturated rings. The van der Waals surface area contributed by atoms with Gasteiger partial charge >= 0.3 is 5.97 Å². The fourth-order valence-corrected chi connectivity index (χ4v) is 8.54. The average molecular weight is 808 g/mol. The van der Waals surface area contributed by atoms with Gasteiger partial charge < -0.3 is 30.1 Å². The van der Waals surface area contributed by atoms with Crippen LogP contribution in [0.15, 0.2) is 36.7 Å². The van der Waals surface area contributed by atoms with Crippen LogP contribution >= 0.6 is 0 Å². The summed E-state index contributed by atoms with van der Waals surface area (Å²) in [5.74, 6) is 4.06. The SMILES string of the molecule is COc1ccnc(-c2nc3c(c(N(C)CC(=O)CC4CCCCC4)n2)CCC3)c1.COc1ccnc(-c2nc3c(c(N(C)CC(=O)O)n2)CCC3)c1.NC1CCCCC1. The van der Waals surface area contributed by atoms with Gasteiger partial charge in [-0.1, -0.05) is 51.4 Å². The number of pyridine rings is 2. The number of hydrogen-bond acceptors (Lipinski definition) is 13. The number of hydrogen-bond donors (Lipinski definition) is 2. The molecule has 0 spiro atoms. The number of anilines is 2. The maximum Gasteiger partial charge on any atom is 0.323 e. The van der Waals surface area contributed by atoms with Gasteiger partial charge in [0.1, 0.15) is 41.1 Å². The molecule has 0 unspecified atom stereocenters. The molecule has 14 heteroatoms. The van der Waals surface area contributed by atoms with Crippen LogP contribution in [0.1, 0.15) is 106 Å². The Morgan fingerprint density at radius 3 is 1.59 bits per heavy atom. The Balaban J connectivity index is 0.000000173. The van der Waals surface area contributed by atoms with Gasteiger partial charge in [0.05, 0.1) is 20.8 Å². The van der Waals surface area contributed by atoms with E-state index in [1.807, 2.05) is 24.1 Å². The highest BCUT2D eigenvalue weighted by Gasteiger charge is 2.26. The fraction of sp³-hybridized carbons (Fsp3) is 0.556. The average Bonchev–Trinajstić information content (AvgIpc) is 3.94. The molecule has 4 aliphatic rings. The first-order valence-electron chi connectivity index (χ1n) is 21.3. The van der Waals surface area contributed by atoms with Crippen molar-refractivity contribution in [1.82, 2.24) is 29.9 Å². The number of methoxy groups -OCH3 is 2. The number of fused-ring (bicyclic) bond motifs is 2. The monoisotopic (exact) mass is 807 g/mol. The van der Waals surface area contributed by atoms with Crippen LogP contribution < -0.4 is 25.0 Å². The van der Waals surface area contributed by atoms with Gasteiger partial charge in [-0.3, -0.25) is 19.6 Å². The van der Waals surface area contributed by atoms with Crippen molar-refractivity contribution in [3.63, 3.8) is 0 Å². The van der Waals surface area contributed by atoms with Crippen molar-refractivity contribution in [3.05, 3.63) is 59.2 Å². The Labute approximate surface area is 348 Å². The van der Waals surface area contributed by atoms with Crippen LogP contribution in [-0.2, 0) is 35.3 Å². The number of Topliss-reactive ketones (excluding diaryl/α,β-unsaturated/α-hetero) is 1. The first-order chi connectivity index (χ1) is 28.6. The molecule has 4 aromatic rings. The number of ketones is 1. The molecule has 0 aliphatic heterocycles. The molecule has 4 heterocycles. The molecular formula is C45H61N9O5. The Bertz CT molecular complexity index is 2030. The zero-order valence-electron chi connectivity index (χ0n) is 35.3. The fourth-order valence-electron chi connectivity index (χ4n) is 8.54. The minimum atomic E-state index is -0.890. The minimum Gasteiger partial charge on any atom is -0.497 e. The molecule has 4 aliphatic carbocycles. The molecule has 14 nitrogen and oxygen atoms in total. The molecule has 3 N–H and O–H groups in total. The summed E-state index contributed by atoms with van der Waals surface area (Å²) in [5.41, 5.74) is 11.2. The molecule has 0 aromatic carbocycles. The number of aromatic nitrogens is 6. The summed E-state index contributed by atoms with van der Waals surface area (Å²) in [6.45, 7) is 0.305. The van der Waals surface area contributed by atoms with Crippen molar-refractivity contribution in [2.75, 3.05) is 51.2 Å². The molecule has 8 rings (SSSR count). The third kappa shape index (κ3) is 11.9. The van der Waals surface area contributed by atoms with E-state index >= 15 is 0 Å². The van der Waals surface area contributed by atoms with E-state index in [9.17, 15) is 9.59 Å². The topological polar surface area (TPSA) is 183 Å². The molecule has 4 aromatic heterocycles. The predicted molar refractivity (Wildman–Crippen MR) is 229 cm³/mol. The summed E-state index contributed by atoms with van der Waals surface area (Å²) in [6.07, 6.45) is 22.7. The molecular weight excluding hydrogens is 747 g/mol. The van der Waals surface area contributed by atoms with Crippen LogP contribution in [0.25, 0.3) is 23.0 Å². The Kier molecular flexibility index (Phi) is 15.5. The van der Waals surface area contributed by atoms with E-state index in [1.165, 1.54) is 69.8 Å². The summed E-state index contributed by atoms with van der Waals surface area (Å²) < 4.78 is 10.5. The van der Waals surface area contributed by atoms with E-state index in [0.717, 1.165) is 67.0 Å². The number of rotatable bonds is 12. The maximum atomic E-state index is 12.7. The number of ether oxygens (including phenoxy) is 2. The van der Waals surface area contributed by atoms with Crippen molar-refractivity contribution in [3.8, 4) is 34.5 Å². The number of aryl methyl sites for hydroxylation is 2. The third-order valence-electron chi connectivity index (χ3n) is 11.6. The number of aliphatic carboxylic acids is 1. The highest BCUT2D eigenvalue weighted by molar-refractivity contribution is 5.83. The molecule has 0 radical (unpaired) electrons. The zero-order chi connectivity index (χ0) is 41.7. The summed E-state index contributed by atoms with van der Waals surface area (Å²) in [6, 6.07) is 7.74. The van der Waals surface area contributed by atoms with Crippen LogP contribution in [0, 0.1) is 5.92 Å². The van der Waals surface area contributed by atoms with Crippen molar-refractivity contribution in [1.29, 1.82) is 0 Å². The number of nitrogens with two attached hydrogens (primary N) is 1. The maximum absolute atomic E-state index is 12.7. The van der Waals surface area contributed by atoms with E-state index in [1.54, 1.807) is 50.7 Å². The second kappa shape index (κ2) is 21.1. The lowest BCUT2D eigenvalue weighted by atomic mass is 9.86. The lowest BCUT2D eigenvalue weighted by Gasteiger charge is -2.24. The van der Waals surface area contributed by atoms with E-state index in [0.29, 0.717) is 65.3 Å². The van der Waals surface area contributed by atoms with Gasteiger partial charge in [0.15, 0.2) is 17.4 Å². The number of carbonyl (C=O) groups excluding carboxylic acids is 1. The molecule has 59 heavy (non-hydrogen) atoms. The number of carboxylic acids is 1. The largest absolute Gasteiger partial charge is 0.497 e. The van der Waals surface area contributed by atoms with Gasteiger partial charge in [-0.2, -0.15) is 0 Å². The quantitative estimate of drug-likeness (QED) is 0.152. The van der Waals surface area contributed by atoms with Gasteiger partial charge in [-0.05, 0) is 69.4 Å². The lowest BCUT2D eigenvalue weighted by Crippen LogP contribution is -2.29. The van der Waals surface area contributed by atoms with Crippen LogP contribution in [0.3, 0.4) is 0 Å². The summed E-state index contributed by atoms with van der Waals surface area (Å²) in [4.78, 5) is 54.9. The Morgan fingerprint density at radius 2 is 1.15 bits per heavy atom. The number of nitrogens with zero attached hydrogens (tertiary/aromatic N) is 8. The van der Waals surface area contributed by atoms with Crippen LogP contribution in [-0.4, -0.2) is 94.2 Å². The predicted octanol–water partition coefficient (Wildman–Crippen LogP) is 6.85. The van der Waals surface area contributed by atoms with Gasteiger partial charge in [-0.25, -0.2) is 19.9 Å². The van der Waals surface area contributed by atoms with E-state index in [-0.39, 0.29) is 6.54 Å². The second-order valence-electron chi connectivity index (χ2n) is 16.2. The van der Waals surface area contributed by atoms with Gasteiger partial charge in [0.25, 0.3) is 0 Å². The summed E-state index contributed by atoms with van der Waals surface area (Å²) in [5, 5.41) is 9.03. The molecule has 316 valence electrons. The second-order valence-corrected chi connectivity index (χ2v) is 16.2. The third-order valence-corrected chi connectivity index (χ3v) is 11.6. The summed E-state index contributed by atoms with van der Waals surface area (Å²) >= 11 is 0. The van der Waals surface area contributed by atoms with Crippen LogP contribution in [0.5, 0.6) is 11.5 Å². The first kappa shape index (κ1) is 43.3. The molecule has 0 saturated heterocycles. The number of carbonyl (C=O) groups is 2. The van der Waals surface area contributed by atoms with Crippen molar-refractivity contribution < 1.29 is 24.2 Å². The molecule has 0 bridgehead atoms. The lowest BCUT2D eigenvalue weighted by molar-refractivity contribution is -0.135. The van der Waals surface area contributed by atoms with E-state index in [4.69, 9.17) is 30.3 Å². The smallest absolute Gasteiger partial charge is 0.323 e. The highest BCUT2D eigenvalue weighted by atomic mass is 16.5. The molecule has 2 saturated carbocycles. The van der Waals surface area contributed by atoms with E-state index < -0.39 is 5.97 Å². The van der Waals surface area contributed by atoms with Crippen LogP contribution in [0.2, 0.25) is 0 Å². The summed E-state index contributed by atoms with van der Waals surface area (Å²) in [7, 11) is 6.94. The first-order valence-corrected chi connectivity index (χ1v) is 21.3. The van der Waals surface area contributed by atoms with Crippen LogP contribution in [0.4, 0.5) is 11.6 Å². The standard InChI is InChI=1S/C23H30N4O2.C16H18N4O3.C6H13N/c1-27(15-17(28)13-16-7-4-3-5-8-16)23-19-9-6-10-20(19)25-22(26-23)21-14-18(29-2)11-12-24-21;1-20(9-14(21)22)16-11-4-3-5-12(11)18-15(19-16)13-8-10(23-2)6-7-17-13;7-6-4-2-1-3-5-6/h11-12,14,16H,3-10,13,15H2,1-2H3;6-8H,3-5,9H2,1-2H3,(H,21,22);6H,1-5,7H2. The van der Waals surface area contributed by atoms with Gasteiger partial charge in [0, 0.05) is 73.6 Å². The zero-order valence-corrected chi connectivity index (χ0v) is 35.3. The van der Waals surface area contributed by atoms with Gasteiger partial charge in [-0.15, -0.1) is 0 Å². The molecule has 0 amide bonds. The number of carboxylic acid groups (broad SMARTS) is 1. The number of likely N-dealkylation sites (N-methyl/N-ethyl adjacent to an activating group) is 2. The Morgan fingerprint density at radius 1 is 0.678 bits per heavy atom. The Hall–Kier alpha value is -5.24. The van der Waals surface area contributed by atoms with Crippen molar-refractivity contribution >= 4 is 23.4 Å². The highest BCUT2D eigenvalue weighted by Crippen LogP contribution is 2.33. The normalized spacial score (nSPS) is 16.1. The van der Waals surface area contributed by atoms with Crippen molar-refractivity contribution in [2.45, 2.75) is 115 Å². The van der Waals surface area contributed by atoms with Gasteiger partial charge in [0.2, 0.25) is 0 Å². The van der Waals surface area contributed by atoms with Crippen molar-refractivity contribution in [2.24, 2.45) is 11.7 Å². The molecule has 0 atom stereocenters.